The van der Waals surface area contributed by atoms with Crippen molar-refractivity contribution >= 4 is 58.0 Å². The molecular weight excluding hydrogens is 362 g/mol. The molecule has 9 heteroatoms. The summed E-state index contributed by atoms with van der Waals surface area (Å²) in [5.74, 6) is -0.746. The number of hydrogen-bond acceptors (Lipinski definition) is 5. The minimum Gasteiger partial charge on any atom is -0.354 e. The molecule has 0 aliphatic rings. The fourth-order valence-corrected chi connectivity index (χ4v) is 2.21. The van der Waals surface area contributed by atoms with E-state index in [0.717, 1.165) is 0 Å². The Balaban J connectivity index is 4.82. The van der Waals surface area contributed by atoms with Gasteiger partial charge in [0.15, 0.2) is 11.6 Å². The molecule has 0 fully saturated rings. The molecule has 0 bridgehead atoms. The van der Waals surface area contributed by atoms with Crippen molar-refractivity contribution in [3.63, 3.8) is 0 Å². The fourth-order valence-electron chi connectivity index (χ4n) is 1.41. The molecule has 0 aromatic heterocycles. The average Bonchev–Trinajstić information content (AvgIpc) is 2.42. The highest BCUT2D eigenvalue weighted by Crippen LogP contribution is 2.20. The molecule has 2 N–H and O–H groups in total. The number of ketones is 2. The Hall–Kier alpha value is 0.380. The first kappa shape index (κ1) is 21.4. The number of carbonyl (C=O) groups excluding carboxylic acids is 2. The van der Waals surface area contributed by atoms with Gasteiger partial charge in [0.25, 0.3) is 0 Å². The molecule has 0 heterocycles. The van der Waals surface area contributed by atoms with E-state index in [0.29, 0.717) is 13.1 Å². The Labute approximate surface area is 145 Å². The lowest BCUT2D eigenvalue weighted by Crippen LogP contribution is -2.45. The van der Waals surface area contributed by atoms with Crippen LogP contribution in [0.25, 0.3) is 0 Å². The number of hydrogen-bond donors (Lipinski definition) is 2. The van der Waals surface area contributed by atoms with Gasteiger partial charge in [0.1, 0.15) is 21.9 Å². The van der Waals surface area contributed by atoms with Crippen molar-refractivity contribution in [1.82, 2.24) is 10.6 Å². The minimum atomic E-state index is -1.18. The first-order chi connectivity index (χ1) is 9.84. The van der Waals surface area contributed by atoms with Gasteiger partial charge in [0.05, 0.1) is 13.1 Å². The van der Waals surface area contributed by atoms with E-state index in [1.165, 1.54) is 0 Å². The second kappa shape index (κ2) is 11.9. The van der Waals surface area contributed by atoms with Crippen molar-refractivity contribution in [1.29, 1.82) is 0 Å². The van der Waals surface area contributed by atoms with Crippen molar-refractivity contribution in [2.45, 2.75) is 35.7 Å². The normalized spacial score (nSPS) is 14.5. The Morgan fingerprint density at radius 2 is 1.19 bits per heavy atom. The van der Waals surface area contributed by atoms with Crippen molar-refractivity contribution in [3.05, 3.63) is 0 Å². The summed E-state index contributed by atoms with van der Waals surface area (Å²) < 4.78 is 5.38. The van der Waals surface area contributed by atoms with Gasteiger partial charge in [-0.3, -0.25) is 9.59 Å². The highest BCUT2D eigenvalue weighted by Gasteiger charge is 2.34. The molecule has 0 aromatic carbocycles. The molecule has 0 saturated heterocycles. The van der Waals surface area contributed by atoms with Crippen molar-refractivity contribution in [3.8, 4) is 0 Å². The molecule has 0 amide bonds. The van der Waals surface area contributed by atoms with Crippen LogP contribution in [-0.2, 0) is 14.3 Å². The number of likely N-dealkylation sites (N-methyl/N-ethyl adjacent to an activating group) is 2. The lowest BCUT2D eigenvalue weighted by Gasteiger charge is -2.25. The Kier molecular flexibility index (Phi) is 12.1. The van der Waals surface area contributed by atoms with Crippen LogP contribution in [0.1, 0.15) is 13.8 Å². The van der Waals surface area contributed by atoms with Gasteiger partial charge < -0.3 is 15.4 Å². The first-order valence-electron chi connectivity index (χ1n) is 6.53. The van der Waals surface area contributed by atoms with E-state index in [9.17, 15) is 9.59 Å². The van der Waals surface area contributed by atoms with Crippen molar-refractivity contribution in [2.75, 3.05) is 26.2 Å². The maximum Gasteiger partial charge on any atom is 0.178 e. The monoisotopic (exact) mass is 380 g/mol. The lowest BCUT2D eigenvalue weighted by molar-refractivity contribution is -0.140. The molecule has 0 aliphatic heterocycles. The van der Waals surface area contributed by atoms with Crippen LogP contribution in [0.3, 0.4) is 0 Å². The standard InChI is InChI=1S/C12H20Cl4N2O3/c1-3-17-5-7(19)9(11(13)14)21-10(12(15)16)8(20)6-18-4-2/h9-12,17-18H,3-6H2,1-2H3. The third kappa shape index (κ3) is 8.55. The molecule has 0 aliphatic carbocycles. The Morgan fingerprint density at radius 1 is 0.857 bits per heavy atom. The van der Waals surface area contributed by atoms with Gasteiger partial charge in [-0.05, 0) is 13.1 Å². The topological polar surface area (TPSA) is 67.4 Å². The molecular formula is C12H20Cl4N2O3. The Morgan fingerprint density at radius 3 is 1.43 bits per heavy atom. The van der Waals surface area contributed by atoms with Gasteiger partial charge in [-0.15, -0.1) is 46.4 Å². The predicted octanol–water partition coefficient (Wildman–Crippen LogP) is 1.70. The fraction of sp³-hybridized carbons (Fsp3) is 0.833. The number of alkyl halides is 4. The summed E-state index contributed by atoms with van der Waals surface area (Å²) in [6.45, 7) is 4.95. The van der Waals surface area contributed by atoms with E-state index < -0.39 is 21.9 Å². The van der Waals surface area contributed by atoms with Crippen LogP contribution in [0.2, 0.25) is 0 Å². The SMILES string of the molecule is CCNCC(=O)C(OC(C(=O)CNCC)C(Cl)Cl)C(Cl)Cl. The summed E-state index contributed by atoms with van der Waals surface area (Å²) in [5.41, 5.74) is 0. The summed E-state index contributed by atoms with van der Waals surface area (Å²) in [6.07, 6.45) is -2.36. The summed E-state index contributed by atoms with van der Waals surface area (Å²) in [6, 6.07) is 0. The average molecular weight is 382 g/mol. The largest absolute Gasteiger partial charge is 0.354 e. The Bertz CT molecular complexity index is 300. The van der Waals surface area contributed by atoms with Crippen LogP contribution in [0, 0.1) is 0 Å². The number of rotatable bonds is 12. The van der Waals surface area contributed by atoms with Crippen LogP contribution in [0.4, 0.5) is 0 Å². The number of Topliss-reactive ketones (excluding diaryl/α,β-unsaturated/α-hetero) is 2. The van der Waals surface area contributed by atoms with Crippen LogP contribution in [0.5, 0.6) is 0 Å². The van der Waals surface area contributed by atoms with Gasteiger partial charge in [0, 0.05) is 0 Å². The van der Waals surface area contributed by atoms with E-state index in [4.69, 9.17) is 51.1 Å². The zero-order chi connectivity index (χ0) is 16.4. The molecule has 0 radical (unpaired) electrons. The smallest absolute Gasteiger partial charge is 0.178 e. The minimum absolute atomic E-state index is 0.0282. The van der Waals surface area contributed by atoms with Crippen LogP contribution in [-0.4, -0.2) is 59.6 Å². The van der Waals surface area contributed by atoms with Crippen LogP contribution >= 0.6 is 46.4 Å². The number of halogens is 4. The molecule has 21 heavy (non-hydrogen) atoms. The number of carbonyl (C=O) groups is 2. The van der Waals surface area contributed by atoms with Gasteiger partial charge in [-0.25, -0.2) is 0 Å². The van der Waals surface area contributed by atoms with E-state index in [-0.39, 0.29) is 24.7 Å². The quantitative estimate of drug-likeness (QED) is 0.503. The van der Waals surface area contributed by atoms with Crippen LogP contribution in [0.15, 0.2) is 0 Å². The lowest BCUT2D eigenvalue weighted by atomic mass is 10.2. The highest BCUT2D eigenvalue weighted by molar-refractivity contribution is 6.46. The molecule has 124 valence electrons. The third-order valence-corrected chi connectivity index (χ3v) is 3.40. The maximum absolute atomic E-state index is 12.0. The number of nitrogens with one attached hydrogen (secondary N) is 2. The molecule has 0 rings (SSSR count). The third-order valence-electron chi connectivity index (χ3n) is 2.48. The van der Waals surface area contributed by atoms with Gasteiger partial charge in [0.2, 0.25) is 0 Å². The van der Waals surface area contributed by atoms with Crippen molar-refractivity contribution in [2.24, 2.45) is 0 Å². The molecule has 5 nitrogen and oxygen atoms in total. The van der Waals surface area contributed by atoms with Gasteiger partial charge in [-0.2, -0.15) is 0 Å². The van der Waals surface area contributed by atoms with E-state index >= 15 is 0 Å². The van der Waals surface area contributed by atoms with Crippen molar-refractivity contribution < 1.29 is 14.3 Å². The second-order valence-corrected chi connectivity index (χ2v) is 6.47. The first-order valence-corrected chi connectivity index (χ1v) is 8.28. The van der Waals surface area contributed by atoms with Gasteiger partial charge in [-0.1, -0.05) is 13.8 Å². The zero-order valence-electron chi connectivity index (χ0n) is 11.9. The molecule has 2 unspecified atom stereocenters. The van der Waals surface area contributed by atoms with E-state index in [1.54, 1.807) is 0 Å². The summed E-state index contributed by atoms with van der Waals surface area (Å²) in [5, 5.41) is 5.68. The summed E-state index contributed by atoms with van der Waals surface area (Å²) in [4.78, 5) is 21.7. The highest BCUT2D eigenvalue weighted by atomic mass is 35.5. The maximum atomic E-state index is 12.0. The second-order valence-electron chi connectivity index (χ2n) is 4.14. The predicted molar refractivity (Wildman–Crippen MR) is 86.8 cm³/mol. The summed E-state index contributed by atoms with van der Waals surface area (Å²) in [7, 11) is 0. The van der Waals surface area contributed by atoms with Gasteiger partial charge >= 0.3 is 0 Å². The molecule has 2 atom stereocenters. The molecule has 0 aromatic rings. The molecule has 0 spiro atoms. The zero-order valence-corrected chi connectivity index (χ0v) is 14.9. The molecule has 0 saturated carbocycles. The number of ether oxygens (including phenoxy) is 1. The van der Waals surface area contributed by atoms with E-state index in [1.807, 2.05) is 13.8 Å². The summed E-state index contributed by atoms with van der Waals surface area (Å²) >= 11 is 23.0. The van der Waals surface area contributed by atoms with E-state index in [2.05, 4.69) is 10.6 Å². The van der Waals surface area contributed by atoms with Crippen LogP contribution < -0.4 is 10.6 Å².